The molecule has 2 aliphatic heterocycles. The van der Waals surface area contributed by atoms with Crippen LogP contribution in [0.15, 0.2) is 30.5 Å². The second-order valence-electron chi connectivity index (χ2n) is 6.71. The normalized spacial score (nSPS) is 23.2. The largest absolute Gasteiger partial charge is 0.381 e. The standard InChI is InChI=1S/C18H22N2O3/c1-19-10-15(14-5-3-4-6-16(14)19)17(21)20-11-18(12-20)9-13(22-2)7-8-23-18/h3-6,10,13H,7-9,11-12H2,1-2H3/t13-/m1/s1. The Hall–Kier alpha value is -1.85. The number of carbonyl (C=O) groups is 1. The lowest BCUT2D eigenvalue weighted by atomic mass is 9.84. The molecule has 0 saturated carbocycles. The molecule has 23 heavy (non-hydrogen) atoms. The van der Waals surface area contributed by atoms with Crippen LogP contribution in [0.5, 0.6) is 0 Å². The van der Waals surface area contributed by atoms with E-state index in [-0.39, 0.29) is 17.6 Å². The first-order valence-electron chi connectivity index (χ1n) is 8.12. The van der Waals surface area contributed by atoms with Crippen molar-refractivity contribution in [3.8, 4) is 0 Å². The monoisotopic (exact) mass is 314 g/mol. The van der Waals surface area contributed by atoms with Crippen molar-refractivity contribution in [2.45, 2.75) is 24.5 Å². The minimum atomic E-state index is -0.195. The summed E-state index contributed by atoms with van der Waals surface area (Å²) in [6, 6.07) is 8.02. The molecule has 0 bridgehead atoms. The Labute approximate surface area is 135 Å². The van der Waals surface area contributed by atoms with Crippen molar-refractivity contribution >= 4 is 16.8 Å². The van der Waals surface area contributed by atoms with E-state index < -0.39 is 0 Å². The number of para-hydroxylation sites is 1. The van der Waals surface area contributed by atoms with Gasteiger partial charge in [0.1, 0.15) is 5.60 Å². The van der Waals surface area contributed by atoms with Crippen molar-refractivity contribution < 1.29 is 14.3 Å². The van der Waals surface area contributed by atoms with Gasteiger partial charge in [0.05, 0.1) is 24.8 Å². The molecule has 2 aliphatic rings. The number of fused-ring (bicyclic) bond motifs is 1. The molecule has 0 N–H and O–H groups in total. The van der Waals surface area contributed by atoms with Gasteiger partial charge in [-0.25, -0.2) is 0 Å². The number of nitrogens with zero attached hydrogens (tertiary/aromatic N) is 2. The Bertz CT molecular complexity index is 746. The number of methoxy groups -OCH3 is 1. The number of carbonyl (C=O) groups excluding carboxylic acids is 1. The number of aryl methyl sites for hydroxylation is 1. The molecular formula is C18H22N2O3. The molecule has 1 atom stereocenters. The van der Waals surface area contributed by atoms with E-state index in [2.05, 4.69) is 0 Å². The van der Waals surface area contributed by atoms with Gasteiger partial charge >= 0.3 is 0 Å². The molecule has 1 spiro atoms. The molecule has 1 aromatic carbocycles. The SMILES string of the molecule is CO[C@@H]1CCOC2(C1)CN(C(=O)c1cn(C)c3ccccc13)C2. The smallest absolute Gasteiger partial charge is 0.256 e. The second kappa shape index (κ2) is 5.35. The predicted molar refractivity (Wildman–Crippen MR) is 87.5 cm³/mol. The number of hydrogen-bond donors (Lipinski definition) is 0. The summed E-state index contributed by atoms with van der Waals surface area (Å²) in [5.74, 6) is 0.0931. The third-order valence-electron chi connectivity index (χ3n) is 5.15. The summed E-state index contributed by atoms with van der Waals surface area (Å²) in [5, 5.41) is 1.01. The molecule has 3 heterocycles. The number of ether oxygens (including phenoxy) is 2. The van der Waals surface area contributed by atoms with Gasteiger partial charge < -0.3 is 18.9 Å². The van der Waals surface area contributed by atoms with Gasteiger partial charge in [0.2, 0.25) is 0 Å². The Morgan fingerprint density at radius 1 is 1.35 bits per heavy atom. The highest BCUT2D eigenvalue weighted by molar-refractivity contribution is 6.07. The van der Waals surface area contributed by atoms with Gasteiger partial charge in [-0.15, -0.1) is 0 Å². The number of likely N-dealkylation sites (tertiary alicyclic amines) is 1. The molecule has 2 aromatic rings. The van der Waals surface area contributed by atoms with E-state index in [4.69, 9.17) is 9.47 Å². The molecule has 0 radical (unpaired) electrons. The van der Waals surface area contributed by atoms with Crippen molar-refractivity contribution in [3.05, 3.63) is 36.0 Å². The lowest BCUT2D eigenvalue weighted by Gasteiger charge is -2.52. The molecular weight excluding hydrogens is 292 g/mol. The number of benzene rings is 1. The maximum atomic E-state index is 12.9. The van der Waals surface area contributed by atoms with Crippen LogP contribution in [0, 0.1) is 0 Å². The van der Waals surface area contributed by atoms with Crippen molar-refractivity contribution in [1.82, 2.24) is 9.47 Å². The molecule has 1 aromatic heterocycles. The van der Waals surface area contributed by atoms with Gasteiger partial charge in [-0.1, -0.05) is 18.2 Å². The van der Waals surface area contributed by atoms with Crippen LogP contribution >= 0.6 is 0 Å². The van der Waals surface area contributed by atoms with E-state index in [1.165, 1.54) is 0 Å². The minimum absolute atomic E-state index is 0.0931. The van der Waals surface area contributed by atoms with Crippen LogP contribution < -0.4 is 0 Å². The summed E-state index contributed by atoms with van der Waals surface area (Å²) in [7, 11) is 3.73. The van der Waals surface area contributed by atoms with Gasteiger partial charge in [-0.2, -0.15) is 0 Å². The van der Waals surface area contributed by atoms with Crippen LogP contribution in [-0.4, -0.2) is 53.9 Å². The Morgan fingerprint density at radius 3 is 2.91 bits per heavy atom. The van der Waals surface area contributed by atoms with E-state index in [0.717, 1.165) is 35.9 Å². The first-order chi connectivity index (χ1) is 11.1. The number of hydrogen-bond acceptors (Lipinski definition) is 3. The zero-order valence-electron chi connectivity index (χ0n) is 13.6. The average Bonchev–Trinajstić information content (AvgIpc) is 2.89. The zero-order valence-corrected chi connectivity index (χ0v) is 13.6. The molecule has 0 unspecified atom stereocenters. The van der Waals surface area contributed by atoms with Crippen LogP contribution in [0.2, 0.25) is 0 Å². The summed E-state index contributed by atoms with van der Waals surface area (Å²) in [5.41, 5.74) is 1.66. The summed E-state index contributed by atoms with van der Waals surface area (Å²) in [6.45, 7) is 2.04. The van der Waals surface area contributed by atoms with Gasteiger partial charge in [0.15, 0.2) is 0 Å². The van der Waals surface area contributed by atoms with E-state index in [0.29, 0.717) is 13.1 Å². The van der Waals surface area contributed by atoms with Crippen LogP contribution in [0.4, 0.5) is 0 Å². The maximum absolute atomic E-state index is 12.9. The van der Waals surface area contributed by atoms with Crippen LogP contribution in [0.1, 0.15) is 23.2 Å². The van der Waals surface area contributed by atoms with E-state index in [1.807, 2.05) is 47.0 Å². The zero-order chi connectivity index (χ0) is 16.0. The predicted octanol–water partition coefficient (Wildman–Crippen LogP) is 2.20. The highest BCUT2D eigenvalue weighted by atomic mass is 16.5. The van der Waals surface area contributed by atoms with Gasteiger partial charge in [0, 0.05) is 44.3 Å². The highest BCUT2D eigenvalue weighted by Crippen LogP contribution is 2.36. The Balaban J connectivity index is 1.53. The fourth-order valence-electron chi connectivity index (χ4n) is 3.88. The molecule has 2 fully saturated rings. The Morgan fingerprint density at radius 2 is 2.13 bits per heavy atom. The summed E-state index contributed by atoms with van der Waals surface area (Å²) in [4.78, 5) is 14.7. The van der Waals surface area contributed by atoms with Crippen LogP contribution in [0.3, 0.4) is 0 Å². The quantitative estimate of drug-likeness (QED) is 0.853. The fourth-order valence-corrected chi connectivity index (χ4v) is 3.88. The van der Waals surface area contributed by atoms with Crippen molar-refractivity contribution in [1.29, 1.82) is 0 Å². The highest BCUT2D eigenvalue weighted by Gasteiger charge is 2.49. The van der Waals surface area contributed by atoms with Crippen molar-refractivity contribution in [3.63, 3.8) is 0 Å². The van der Waals surface area contributed by atoms with Gasteiger partial charge in [-0.05, 0) is 12.5 Å². The van der Waals surface area contributed by atoms with Gasteiger partial charge in [-0.3, -0.25) is 4.79 Å². The molecule has 0 aliphatic carbocycles. The van der Waals surface area contributed by atoms with Crippen molar-refractivity contribution in [2.24, 2.45) is 7.05 Å². The van der Waals surface area contributed by atoms with Crippen LogP contribution in [-0.2, 0) is 16.5 Å². The maximum Gasteiger partial charge on any atom is 0.256 e. The Kier molecular flexibility index (Phi) is 3.43. The second-order valence-corrected chi connectivity index (χ2v) is 6.71. The number of amides is 1. The molecule has 5 heteroatoms. The molecule has 2 saturated heterocycles. The van der Waals surface area contributed by atoms with Crippen LogP contribution in [0.25, 0.3) is 10.9 Å². The van der Waals surface area contributed by atoms with E-state index in [9.17, 15) is 4.79 Å². The van der Waals surface area contributed by atoms with E-state index in [1.54, 1.807) is 7.11 Å². The molecule has 5 nitrogen and oxygen atoms in total. The number of aromatic nitrogens is 1. The first kappa shape index (κ1) is 14.7. The lowest BCUT2D eigenvalue weighted by molar-refractivity contribution is -0.181. The molecule has 122 valence electrons. The lowest BCUT2D eigenvalue weighted by Crippen LogP contribution is -2.67. The fraction of sp³-hybridized carbons (Fsp3) is 0.500. The topological polar surface area (TPSA) is 43.7 Å². The minimum Gasteiger partial charge on any atom is -0.381 e. The van der Waals surface area contributed by atoms with Gasteiger partial charge in [0.25, 0.3) is 5.91 Å². The third-order valence-corrected chi connectivity index (χ3v) is 5.15. The summed E-state index contributed by atoms with van der Waals surface area (Å²) in [6.07, 6.45) is 3.99. The van der Waals surface area contributed by atoms with E-state index >= 15 is 0 Å². The third kappa shape index (κ3) is 2.35. The summed E-state index contributed by atoms with van der Waals surface area (Å²) < 4.78 is 13.5. The van der Waals surface area contributed by atoms with Crippen molar-refractivity contribution in [2.75, 3.05) is 26.8 Å². The first-order valence-corrected chi connectivity index (χ1v) is 8.12. The summed E-state index contributed by atoms with van der Waals surface area (Å²) >= 11 is 0. The molecule has 4 rings (SSSR count). The molecule has 1 amide bonds. The number of rotatable bonds is 2. The average molecular weight is 314 g/mol.